The van der Waals surface area contributed by atoms with E-state index in [1.165, 1.54) is 37.4 Å². The zero-order valence-electron chi connectivity index (χ0n) is 13.3. The first-order valence-electron chi connectivity index (χ1n) is 7.05. The number of amidine groups is 1. The van der Waals surface area contributed by atoms with Crippen LogP contribution in [0.4, 0.5) is 9.59 Å². The molecule has 0 aliphatic carbocycles. The third kappa shape index (κ3) is 2.18. The number of thiophene rings is 1. The van der Waals surface area contributed by atoms with Gasteiger partial charge in [0.1, 0.15) is 0 Å². The van der Waals surface area contributed by atoms with Crippen LogP contribution in [0.2, 0.25) is 0 Å². The van der Waals surface area contributed by atoms with Crippen molar-refractivity contribution in [1.29, 1.82) is 0 Å². The molecule has 1 unspecified atom stereocenters. The lowest BCUT2D eigenvalue weighted by molar-refractivity contribution is -0.133. The van der Waals surface area contributed by atoms with Crippen LogP contribution in [0.25, 0.3) is 0 Å². The van der Waals surface area contributed by atoms with Gasteiger partial charge in [-0.3, -0.25) is 19.4 Å². The highest BCUT2D eigenvalue weighted by Crippen LogP contribution is 2.29. The maximum Gasteiger partial charge on any atom is 0.338 e. The van der Waals surface area contributed by atoms with Crippen molar-refractivity contribution in [3.05, 3.63) is 22.4 Å². The summed E-state index contributed by atoms with van der Waals surface area (Å²) in [5.41, 5.74) is -1.69. The molecule has 1 saturated heterocycles. The predicted molar refractivity (Wildman–Crippen MR) is 85.7 cm³/mol. The van der Waals surface area contributed by atoms with Gasteiger partial charge in [0, 0.05) is 21.1 Å². The number of rotatable bonds is 3. The molecule has 3 heterocycles. The number of hydrogen-bond donors (Lipinski definition) is 1. The summed E-state index contributed by atoms with van der Waals surface area (Å²) in [6, 6.07) is 2.16. The lowest BCUT2D eigenvalue weighted by Crippen LogP contribution is -2.76. The number of ketones is 1. The highest BCUT2D eigenvalue weighted by atomic mass is 32.1. The Morgan fingerprint density at radius 2 is 1.96 bits per heavy atom. The largest absolute Gasteiger partial charge is 0.338 e. The maximum absolute atomic E-state index is 12.8. The number of likely N-dealkylation sites (N-methyl/N-ethyl adjacent to an activating group) is 2. The van der Waals surface area contributed by atoms with Crippen LogP contribution in [-0.2, 0) is 4.79 Å². The van der Waals surface area contributed by atoms with Crippen LogP contribution in [0.3, 0.4) is 0 Å². The summed E-state index contributed by atoms with van der Waals surface area (Å²) in [7, 11) is 4.15. The fourth-order valence-electron chi connectivity index (χ4n) is 2.75. The molecule has 10 heteroatoms. The zero-order valence-corrected chi connectivity index (χ0v) is 14.1. The monoisotopic (exact) mass is 349 g/mol. The van der Waals surface area contributed by atoms with Gasteiger partial charge in [0.05, 0.1) is 11.3 Å². The number of imide groups is 1. The van der Waals surface area contributed by atoms with E-state index in [0.29, 0.717) is 4.88 Å². The van der Waals surface area contributed by atoms with Crippen molar-refractivity contribution in [2.75, 3.05) is 21.1 Å². The summed E-state index contributed by atoms with van der Waals surface area (Å²) in [5, 5.41) is 9.35. The topological polar surface area (TPSA) is 102 Å². The molecule has 1 fully saturated rings. The van der Waals surface area contributed by atoms with Crippen molar-refractivity contribution >= 4 is 40.9 Å². The van der Waals surface area contributed by atoms with Gasteiger partial charge in [-0.25, -0.2) is 14.6 Å². The fourth-order valence-corrected chi connectivity index (χ4v) is 3.41. The lowest BCUT2D eigenvalue weighted by atomic mass is 9.86. The van der Waals surface area contributed by atoms with Gasteiger partial charge < -0.3 is 5.32 Å². The van der Waals surface area contributed by atoms with Gasteiger partial charge in [-0.2, -0.15) is 5.10 Å². The predicted octanol–water partition coefficient (Wildman–Crippen LogP) is 0.552. The number of amides is 5. The number of carbonyl (C=O) groups excluding carboxylic acids is 4. The molecule has 0 spiro atoms. The van der Waals surface area contributed by atoms with Gasteiger partial charge in [0.15, 0.2) is 17.2 Å². The molecule has 2 aliphatic heterocycles. The molecule has 1 atom stereocenters. The van der Waals surface area contributed by atoms with Crippen LogP contribution in [0.15, 0.2) is 22.6 Å². The van der Waals surface area contributed by atoms with Crippen LogP contribution in [0.5, 0.6) is 0 Å². The Bertz CT molecular complexity index is 774. The first-order valence-corrected chi connectivity index (χ1v) is 7.93. The van der Waals surface area contributed by atoms with Crippen LogP contribution >= 0.6 is 11.3 Å². The summed E-state index contributed by atoms with van der Waals surface area (Å²) >= 11 is 1.24. The number of hydrogen-bond acceptors (Lipinski definition) is 6. The van der Waals surface area contributed by atoms with Gasteiger partial charge in [-0.1, -0.05) is 6.07 Å². The molecule has 1 aromatic rings. The highest BCUT2D eigenvalue weighted by Gasteiger charge is 2.58. The van der Waals surface area contributed by atoms with Crippen LogP contribution in [0.1, 0.15) is 16.1 Å². The van der Waals surface area contributed by atoms with E-state index in [9.17, 15) is 19.2 Å². The smallest absolute Gasteiger partial charge is 0.315 e. The molecular formula is C14H15N5O4S. The minimum atomic E-state index is -1.69. The average Bonchev–Trinajstić information content (AvgIpc) is 3.08. The van der Waals surface area contributed by atoms with E-state index in [1.807, 2.05) is 0 Å². The van der Waals surface area contributed by atoms with Crippen molar-refractivity contribution in [2.24, 2.45) is 5.10 Å². The number of fused-ring (bicyclic) bond motifs is 1. The summed E-state index contributed by atoms with van der Waals surface area (Å²) in [5.74, 6) is -0.967. The summed E-state index contributed by atoms with van der Waals surface area (Å²) in [4.78, 5) is 52.1. The quantitative estimate of drug-likeness (QED) is 0.805. The molecule has 0 aromatic carbocycles. The normalized spacial score (nSPS) is 23.9. The minimum absolute atomic E-state index is 0.0302. The lowest BCUT2D eigenvalue weighted by Gasteiger charge is -2.46. The molecule has 9 nitrogen and oxygen atoms in total. The van der Waals surface area contributed by atoms with Crippen molar-refractivity contribution in [3.8, 4) is 0 Å². The highest BCUT2D eigenvalue weighted by molar-refractivity contribution is 7.12. The first-order chi connectivity index (χ1) is 11.3. The Balaban J connectivity index is 2.09. The zero-order chi connectivity index (χ0) is 17.6. The first kappa shape index (κ1) is 16.1. The molecule has 0 bridgehead atoms. The number of nitrogens with zero attached hydrogens (tertiary/aromatic N) is 4. The SMILES string of the molecule is CN1N=C2N(C)C(=O)N(C)C(=O)C2(CC(=O)c2cccs2)NC1=O. The molecule has 3 rings (SSSR count). The second kappa shape index (κ2) is 5.41. The molecule has 126 valence electrons. The Morgan fingerprint density at radius 3 is 2.58 bits per heavy atom. The van der Waals surface area contributed by atoms with E-state index in [1.54, 1.807) is 17.5 Å². The van der Waals surface area contributed by atoms with E-state index in [-0.39, 0.29) is 18.0 Å². The third-order valence-corrected chi connectivity index (χ3v) is 4.93. The summed E-state index contributed by atoms with van der Waals surface area (Å²) in [6.07, 6.45) is -0.313. The van der Waals surface area contributed by atoms with Crippen molar-refractivity contribution < 1.29 is 19.2 Å². The Kier molecular flexibility index (Phi) is 3.63. The van der Waals surface area contributed by atoms with Crippen molar-refractivity contribution in [1.82, 2.24) is 20.1 Å². The average molecular weight is 349 g/mol. The second-order valence-electron chi connectivity index (χ2n) is 5.57. The Hall–Kier alpha value is -2.75. The Labute approximate surface area is 141 Å². The second-order valence-corrected chi connectivity index (χ2v) is 6.51. The van der Waals surface area contributed by atoms with Gasteiger partial charge in [-0.05, 0) is 11.4 Å². The van der Waals surface area contributed by atoms with E-state index in [0.717, 1.165) is 9.91 Å². The maximum atomic E-state index is 12.8. The van der Waals surface area contributed by atoms with E-state index in [4.69, 9.17) is 0 Å². The van der Waals surface area contributed by atoms with Crippen molar-refractivity contribution in [2.45, 2.75) is 12.0 Å². The fraction of sp³-hybridized carbons (Fsp3) is 0.357. The molecular weight excluding hydrogens is 334 g/mol. The standard InChI is InChI=1S/C14H15N5O4S/c1-17-10-14(11(21)18(2)13(17)23,15-12(22)19(3)16-10)7-8(20)9-5-4-6-24-9/h4-6H,7H2,1-3H3,(H,15,22). The van der Waals surface area contributed by atoms with Crippen LogP contribution in [-0.4, -0.2) is 71.1 Å². The third-order valence-electron chi connectivity index (χ3n) is 4.02. The summed E-state index contributed by atoms with van der Waals surface area (Å²) < 4.78 is 0. The minimum Gasteiger partial charge on any atom is -0.315 e. The number of carbonyl (C=O) groups is 4. The van der Waals surface area contributed by atoms with Gasteiger partial charge in [0.2, 0.25) is 0 Å². The molecule has 0 radical (unpaired) electrons. The Morgan fingerprint density at radius 1 is 1.25 bits per heavy atom. The number of Topliss-reactive ketones (excluding diaryl/α,β-unsaturated/α-hetero) is 1. The van der Waals surface area contributed by atoms with Gasteiger partial charge in [-0.15, -0.1) is 11.3 Å². The molecule has 0 saturated carbocycles. The molecule has 5 amide bonds. The van der Waals surface area contributed by atoms with Crippen LogP contribution in [0, 0.1) is 0 Å². The van der Waals surface area contributed by atoms with E-state index < -0.39 is 23.5 Å². The van der Waals surface area contributed by atoms with Gasteiger partial charge in [0.25, 0.3) is 5.91 Å². The number of nitrogens with one attached hydrogen (secondary N) is 1. The van der Waals surface area contributed by atoms with E-state index in [2.05, 4.69) is 10.4 Å². The van der Waals surface area contributed by atoms with E-state index >= 15 is 0 Å². The number of hydrazone groups is 1. The molecule has 1 aromatic heterocycles. The number of urea groups is 2. The van der Waals surface area contributed by atoms with Crippen molar-refractivity contribution in [3.63, 3.8) is 0 Å². The van der Waals surface area contributed by atoms with Crippen LogP contribution < -0.4 is 5.32 Å². The molecule has 24 heavy (non-hydrogen) atoms. The van der Waals surface area contributed by atoms with Gasteiger partial charge >= 0.3 is 12.1 Å². The summed E-state index contributed by atoms with van der Waals surface area (Å²) in [6.45, 7) is 0. The molecule has 2 aliphatic rings. The molecule has 1 N–H and O–H groups in total.